The Balaban J connectivity index is 1.97. The van der Waals surface area contributed by atoms with Gasteiger partial charge < -0.3 is 10.3 Å². The largest absolute Gasteiger partial charge is 0.399 e. The molecule has 0 saturated heterocycles. The first-order valence-electron chi connectivity index (χ1n) is 5.50. The molecular weight excluding hydrogens is 251 g/mol. The van der Waals surface area contributed by atoms with Crippen molar-refractivity contribution in [3.8, 4) is 0 Å². The molecule has 0 unspecified atom stereocenters. The monoisotopic (exact) mass is 264 g/mol. The van der Waals surface area contributed by atoms with E-state index in [1.807, 2.05) is 0 Å². The van der Waals surface area contributed by atoms with Gasteiger partial charge in [-0.15, -0.1) is 11.8 Å². The number of halogens is 1. The van der Waals surface area contributed by atoms with Gasteiger partial charge in [-0.25, -0.2) is 4.39 Å². The highest BCUT2D eigenvalue weighted by Gasteiger charge is 2.03. The van der Waals surface area contributed by atoms with Crippen molar-refractivity contribution in [2.45, 2.75) is 11.4 Å². The number of rotatable bonds is 4. The second-order valence-corrected chi connectivity index (χ2v) is 4.91. The molecule has 94 valence electrons. The molecule has 0 aliphatic carbocycles. The molecule has 0 saturated carbocycles. The van der Waals surface area contributed by atoms with Crippen molar-refractivity contribution >= 4 is 17.4 Å². The fourth-order valence-electron chi connectivity index (χ4n) is 1.53. The number of hydrogen-bond donors (Lipinski definition) is 1. The van der Waals surface area contributed by atoms with Gasteiger partial charge in [0.25, 0.3) is 5.56 Å². The number of aromatic nitrogens is 1. The van der Waals surface area contributed by atoms with Gasteiger partial charge in [0.15, 0.2) is 0 Å². The predicted molar refractivity (Wildman–Crippen MR) is 72.2 cm³/mol. The van der Waals surface area contributed by atoms with E-state index in [9.17, 15) is 9.18 Å². The lowest BCUT2D eigenvalue weighted by molar-refractivity contribution is 0.602. The third-order valence-electron chi connectivity index (χ3n) is 2.44. The number of thioether (sulfide) groups is 1. The first-order chi connectivity index (χ1) is 8.66. The maximum Gasteiger partial charge on any atom is 0.250 e. The number of nitrogens with two attached hydrogens (primary N) is 1. The van der Waals surface area contributed by atoms with Crippen molar-refractivity contribution in [2.75, 3.05) is 11.5 Å². The molecule has 1 heterocycles. The van der Waals surface area contributed by atoms with Crippen LogP contribution in [0.3, 0.4) is 0 Å². The fourth-order valence-corrected chi connectivity index (χ4v) is 2.40. The Kier molecular flexibility index (Phi) is 4.04. The van der Waals surface area contributed by atoms with Crippen LogP contribution < -0.4 is 11.3 Å². The van der Waals surface area contributed by atoms with Crippen LogP contribution in [0.15, 0.2) is 52.3 Å². The molecule has 0 atom stereocenters. The van der Waals surface area contributed by atoms with Crippen LogP contribution in [-0.4, -0.2) is 10.3 Å². The first-order valence-corrected chi connectivity index (χ1v) is 6.48. The molecule has 3 nitrogen and oxygen atoms in total. The van der Waals surface area contributed by atoms with Crippen LogP contribution in [0.25, 0.3) is 0 Å². The SMILES string of the molecule is Nc1ccc(SCCn2ccccc2=O)c(F)c1. The summed E-state index contributed by atoms with van der Waals surface area (Å²) in [4.78, 5) is 12.0. The molecule has 0 spiro atoms. The highest BCUT2D eigenvalue weighted by atomic mass is 32.2. The number of hydrogen-bond acceptors (Lipinski definition) is 3. The number of anilines is 1. The van der Waals surface area contributed by atoms with E-state index in [0.717, 1.165) is 0 Å². The lowest BCUT2D eigenvalue weighted by Gasteiger charge is -2.06. The Labute approximate surface area is 108 Å². The predicted octanol–water partition coefficient (Wildman–Crippen LogP) is 2.36. The Bertz CT molecular complexity index is 598. The van der Waals surface area contributed by atoms with Gasteiger partial charge in [-0.05, 0) is 24.3 Å². The molecule has 5 heteroatoms. The summed E-state index contributed by atoms with van der Waals surface area (Å²) in [6, 6.07) is 9.64. The molecule has 0 bridgehead atoms. The first kappa shape index (κ1) is 12.7. The van der Waals surface area contributed by atoms with E-state index in [4.69, 9.17) is 5.73 Å². The van der Waals surface area contributed by atoms with Crippen LogP contribution in [-0.2, 0) is 6.54 Å². The highest BCUT2D eigenvalue weighted by molar-refractivity contribution is 7.99. The number of aryl methyl sites for hydroxylation is 1. The maximum absolute atomic E-state index is 13.5. The summed E-state index contributed by atoms with van der Waals surface area (Å²) in [7, 11) is 0. The van der Waals surface area contributed by atoms with Crippen LogP contribution in [0.1, 0.15) is 0 Å². The molecule has 0 fully saturated rings. The minimum Gasteiger partial charge on any atom is -0.399 e. The van der Waals surface area contributed by atoms with Crippen LogP contribution in [0.2, 0.25) is 0 Å². The van der Waals surface area contributed by atoms with Gasteiger partial charge in [-0.3, -0.25) is 4.79 Å². The van der Waals surface area contributed by atoms with E-state index in [1.54, 1.807) is 35.0 Å². The van der Waals surface area contributed by atoms with Crippen molar-refractivity contribution in [1.29, 1.82) is 0 Å². The lowest BCUT2D eigenvalue weighted by Crippen LogP contribution is -2.18. The molecule has 0 radical (unpaired) electrons. The quantitative estimate of drug-likeness (QED) is 0.681. The van der Waals surface area contributed by atoms with Gasteiger partial charge in [-0.1, -0.05) is 6.07 Å². The number of pyridine rings is 1. The second-order valence-electron chi connectivity index (χ2n) is 3.77. The Morgan fingerprint density at radius 2 is 2.11 bits per heavy atom. The fraction of sp³-hybridized carbons (Fsp3) is 0.154. The topological polar surface area (TPSA) is 48.0 Å². The van der Waals surface area contributed by atoms with E-state index < -0.39 is 0 Å². The lowest BCUT2D eigenvalue weighted by atomic mass is 10.3. The van der Waals surface area contributed by atoms with Crippen molar-refractivity contribution < 1.29 is 4.39 Å². The number of benzene rings is 1. The average molecular weight is 264 g/mol. The van der Waals surface area contributed by atoms with E-state index in [-0.39, 0.29) is 11.4 Å². The Morgan fingerprint density at radius 1 is 1.28 bits per heavy atom. The zero-order valence-corrected chi connectivity index (χ0v) is 10.5. The third-order valence-corrected chi connectivity index (χ3v) is 3.47. The molecule has 1 aromatic heterocycles. The van der Waals surface area contributed by atoms with Gasteiger partial charge in [0, 0.05) is 35.1 Å². The summed E-state index contributed by atoms with van der Waals surface area (Å²) < 4.78 is 15.1. The highest BCUT2D eigenvalue weighted by Crippen LogP contribution is 2.23. The molecule has 2 N–H and O–H groups in total. The smallest absolute Gasteiger partial charge is 0.250 e. The third kappa shape index (κ3) is 3.13. The molecule has 1 aromatic carbocycles. The van der Waals surface area contributed by atoms with Gasteiger partial charge >= 0.3 is 0 Å². The minimum atomic E-state index is -0.319. The second kappa shape index (κ2) is 5.73. The molecular formula is C13H13FN2OS. The van der Waals surface area contributed by atoms with Crippen LogP contribution in [0.5, 0.6) is 0 Å². The molecule has 0 amide bonds. The van der Waals surface area contributed by atoms with Crippen molar-refractivity contribution in [1.82, 2.24) is 4.57 Å². The van der Waals surface area contributed by atoms with Gasteiger partial charge in [0.1, 0.15) is 5.82 Å². The maximum atomic E-state index is 13.5. The average Bonchev–Trinajstić information content (AvgIpc) is 2.34. The van der Waals surface area contributed by atoms with Crippen LogP contribution in [0.4, 0.5) is 10.1 Å². The normalized spacial score (nSPS) is 10.5. The summed E-state index contributed by atoms with van der Waals surface area (Å²) in [5.41, 5.74) is 5.84. The molecule has 2 aromatic rings. The van der Waals surface area contributed by atoms with E-state index >= 15 is 0 Å². The van der Waals surface area contributed by atoms with Crippen LogP contribution >= 0.6 is 11.8 Å². The number of nitrogen functional groups attached to an aromatic ring is 1. The molecule has 18 heavy (non-hydrogen) atoms. The zero-order chi connectivity index (χ0) is 13.0. The summed E-state index contributed by atoms with van der Waals surface area (Å²) >= 11 is 1.37. The van der Waals surface area contributed by atoms with E-state index in [2.05, 4.69) is 0 Å². The molecule has 0 aliphatic rings. The minimum absolute atomic E-state index is 0.0455. The number of nitrogens with zero attached hydrogens (tertiary/aromatic N) is 1. The van der Waals surface area contributed by atoms with Crippen LogP contribution in [0, 0.1) is 5.82 Å². The standard InChI is InChI=1S/C13H13FN2OS/c14-11-9-10(15)4-5-12(11)18-8-7-16-6-2-1-3-13(16)17/h1-6,9H,7-8,15H2. The van der Waals surface area contributed by atoms with Gasteiger partial charge in [0.2, 0.25) is 0 Å². The summed E-state index contributed by atoms with van der Waals surface area (Å²) in [6.45, 7) is 0.550. The summed E-state index contributed by atoms with van der Waals surface area (Å²) in [5.74, 6) is 0.311. The van der Waals surface area contributed by atoms with Crippen molar-refractivity contribution in [3.05, 3.63) is 58.8 Å². The Morgan fingerprint density at radius 3 is 2.83 bits per heavy atom. The van der Waals surface area contributed by atoms with Gasteiger partial charge in [0.05, 0.1) is 0 Å². The van der Waals surface area contributed by atoms with Gasteiger partial charge in [-0.2, -0.15) is 0 Å². The van der Waals surface area contributed by atoms with Crippen molar-refractivity contribution in [3.63, 3.8) is 0 Å². The molecule has 2 rings (SSSR count). The summed E-state index contributed by atoms with van der Waals surface area (Å²) in [6.07, 6.45) is 1.72. The summed E-state index contributed by atoms with van der Waals surface area (Å²) in [5, 5.41) is 0. The molecule has 0 aliphatic heterocycles. The Hall–Kier alpha value is -1.75. The van der Waals surface area contributed by atoms with Crippen molar-refractivity contribution in [2.24, 2.45) is 0 Å². The van der Waals surface area contributed by atoms with E-state index in [1.165, 1.54) is 23.9 Å². The van der Waals surface area contributed by atoms with E-state index in [0.29, 0.717) is 22.9 Å². The zero-order valence-electron chi connectivity index (χ0n) is 9.67.